The predicted octanol–water partition coefficient (Wildman–Crippen LogP) is 4.24. The molecule has 1 aromatic rings. The van der Waals surface area contributed by atoms with Crippen molar-refractivity contribution in [3.8, 4) is 0 Å². The number of nitrogens with zero attached hydrogens (tertiary/aromatic N) is 1. The third-order valence-electron chi connectivity index (χ3n) is 3.50. The largest absolute Gasteiger partial charge is 0.371 e. The molecule has 2 nitrogen and oxygen atoms in total. The van der Waals surface area contributed by atoms with Gasteiger partial charge in [-0.05, 0) is 52.2 Å². The summed E-state index contributed by atoms with van der Waals surface area (Å²) >= 11 is 0. The molecule has 2 heteroatoms. The SMILES string of the molecule is CCN(CC(C)(C)CNC(C)(C)C)c1ccc(C)cc1. The van der Waals surface area contributed by atoms with Crippen LogP contribution >= 0.6 is 0 Å². The number of aryl methyl sites for hydroxylation is 1. The first-order valence-electron chi connectivity index (χ1n) is 7.70. The van der Waals surface area contributed by atoms with E-state index in [-0.39, 0.29) is 11.0 Å². The van der Waals surface area contributed by atoms with E-state index < -0.39 is 0 Å². The van der Waals surface area contributed by atoms with Crippen LogP contribution in [0.4, 0.5) is 5.69 Å². The normalized spacial score (nSPS) is 12.6. The third-order valence-corrected chi connectivity index (χ3v) is 3.50. The number of nitrogens with one attached hydrogen (secondary N) is 1. The van der Waals surface area contributed by atoms with Crippen LogP contribution < -0.4 is 10.2 Å². The van der Waals surface area contributed by atoms with E-state index in [2.05, 4.69) is 82.9 Å². The lowest BCUT2D eigenvalue weighted by Gasteiger charge is -2.36. The van der Waals surface area contributed by atoms with Crippen molar-refractivity contribution in [2.75, 3.05) is 24.5 Å². The van der Waals surface area contributed by atoms with E-state index in [0.717, 1.165) is 19.6 Å². The molecule has 0 bridgehead atoms. The predicted molar refractivity (Wildman–Crippen MR) is 90.6 cm³/mol. The van der Waals surface area contributed by atoms with Crippen molar-refractivity contribution >= 4 is 5.69 Å². The van der Waals surface area contributed by atoms with Gasteiger partial charge in [0.1, 0.15) is 0 Å². The summed E-state index contributed by atoms with van der Waals surface area (Å²) in [6.45, 7) is 18.8. The second kappa shape index (κ2) is 6.62. The summed E-state index contributed by atoms with van der Waals surface area (Å²) in [4.78, 5) is 2.46. The minimum absolute atomic E-state index is 0.179. The number of anilines is 1. The van der Waals surface area contributed by atoms with E-state index in [1.165, 1.54) is 11.3 Å². The topological polar surface area (TPSA) is 15.3 Å². The number of hydrogen-bond donors (Lipinski definition) is 1. The zero-order valence-corrected chi connectivity index (χ0v) is 14.4. The lowest BCUT2D eigenvalue weighted by atomic mass is 9.91. The average molecular weight is 276 g/mol. The number of hydrogen-bond acceptors (Lipinski definition) is 2. The van der Waals surface area contributed by atoms with Crippen LogP contribution in [0.5, 0.6) is 0 Å². The molecule has 0 spiro atoms. The van der Waals surface area contributed by atoms with Crippen LogP contribution in [0.15, 0.2) is 24.3 Å². The average Bonchev–Trinajstić information content (AvgIpc) is 2.34. The molecule has 0 radical (unpaired) electrons. The molecule has 0 unspecified atom stereocenters. The Labute approximate surface area is 125 Å². The van der Waals surface area contributed by atoms with Gasteiger partial charge in [0.15, 0.2) is 0 Å². The van der Waals surface area contributed by atoms with Crippen molar-refractivity contribution in [1.29, 1.82) is 0 Å². The highest BCUT2D eigenvalue weighted by Gasteiger charge is 2.23. The molecular weight excluding hydrogens is 244 g/mol. The molecule has 0 amide bonds. The van der Waals surface area contributed by atoms with Crippen molar-refractivity contribution in [2.45, 2.75) is 54.0 Å². The summed E-state index contributed by atoms with van der Waals surface area (Å²) in [5.41, 5.74) is 3.06. The van der Waals surface area contributed by atoms with E-state index in [9.17, 15) is 0 Å². The van der Waals surface area contributed by atoms with Crippen LogP contribution in [0.3, 0.4) is 0 Å². The van der Waals surface area contributed by atoms with Crippen LogP contribution in [0.25, 0.3) is 0 Å². The molecule has 0 aliphatic rings. The fourth-order valence-electron chi connectivity index (χ4n) is 2.22. The molecule has 1 aromatic carbocycles. The van der Waals surface area contributed by atoms with Gasteiger partial charge in [-0.2, -0.15) is 0 Å². The molecule has 0 saturated carbocycles. The van der Waals surface area contributed by atoms with Crippen LogP contribution in [-0.2, 0) is 0 Å². The molecule has 1 N–H and O–H groups in total. The van der Waals surface area contributed by atoms with Crippen molar-refractivity contribution < 1.29 is 0 Å². The van der Waals surface area contributed by atoms with Crippen LogP contribution in [-0.4, -0.2) is 25.2 Å². The van der Waals surface area contributed by atoms with Crippen molar-refractivity contribution in [3.63, 3.8) is 0 Å². The second-order valence-corrected chi connectivity index (χ2v) is 7.62. The zero-order chi connectivity index (χ0) is 15.4. The third kappa shape index (κ3) is 5.96. The Balaban J connectivity index is 2.69. The maximum atomic E-state index is 3.63. The van der Waals surface area contributed by atoms with Gasteiger partial charge in [-0.25, -0.2) is 0 Å². The first kappa shape index (κ1) is 17.0. The lowest BCUT2D eigenvalue weighted by Crippen LogP contribution is -2.46. The molecule has 0 aromatic heterocycles. The van der Waals surface area contributed by atoms with Gasteiger partial charge in [0.05, 0.1) is 0 Å². The Morgan fingerprint density at radius 3 is 2.00 bits per heavy atom. The Morgan fingerprint density at radius 1 is 1.00 bits per heavy atom. The molecular formula is C18H32N2. The van der Waals surface area contributed by atoms with E-state index in [1.54, 1.807) is 0 Å². The zero-order valence-electron chi connectivity index (χ0n) is 14.4. The second-order valence-electron chi connectivity index (χ2n) is 7.62. The standard InChI is InChI=1S/C18H32N2/c1-8-20(16-11-9-15(2)10-12-16)14-18(6,7)13-19-17(3,4)5/h9-12,19H,8,13-14H2,1-7H3. The van der Waals surface area contributed by atoms with E-state index >= 15 is 0 Å². The molecule has 20 heavy (non-hydrogen) atoms. The van der Waals surface area contributed by atoms with Gasteiger partial charge in [0.2, 0.25) is 0 Å². The molecule has 0 aliphatic heterocycles. The summed E-state index contributed by atoms with van der Waals surface area (Å²) < 4.78 is 0. The van der Waals surface area contributed by atoms with Gasteiger partial charge in [-0.3, -0.25) is 0 Å². The fourth-order valence-corrected chi connectivity index (χ4v) is 2.22. The van der Waals surface area contributed by atoms with Crippen LogP contribution in [0, 0.1) is 12.3 Å². The Bertz CT molecular complexity index is 398. The minimum atomic E-state index is 0.179. The first-order valence-corrected chi connectivity index (χ1v) is 7.70. The molecule has 0 aliphatic carbocycles. The maximum absolute atomic E-state index is 3.63. The van der Waals surface area contributed by atoms with E-state index in [4.69, 9.17) is 0 Å². The lowest BCUT2D eigenvalue weighted by molar-refractivity contribution is 0.293. The van der Waals surface area contributed by atoms with Gasteiger partial charge >= 0.3 is 0 Å². The number of benzene rings is 1. The van der Waals surface area contributed by atoms with Crippen molar-refractivity contribution in [1.82, 2.24) is 5.32 Å². The van der Waals surface area contributed by atoms with Gasteiger partial charge in [-0.15, -0.1) is 0 Å². The molecule has 0 heterocycles. The fraction of sp³-hybridized carbons (Fsp3) is 0.667. The quantitative estimate of drug-likeness (QED) is 0.836. The molecule has 0 atom stereocenters. The Morgan fingerprint density at radius 2 is 1.55 bits per heavy atom. The highest BCUT2D eigenvalue weighted by Crippen LogP contribution is 2.22. The van der Waals surface area contributed by atoms with E-state index in [1.807, 2.05) is 0 Å². The van der Waals surface area contributed by atoms with Crippen molar-refractivity contribution in [3.05, 3.63) is 29.8 Å². The van der Waals surface area contributed by atoms with Crippen LogP contribution in [0.1, 0.15) is 47.1 Å². The Hall–Kier alpha value is -1.02. The number of rotatable bonds is 6. The monoisotopic (exact) mass is 276 g/mol. The van der Waals surface area contributed by atoms with E-state index in [0.29, 0.717) is 0 Å². The van der Waals surface area contributed by atoms with Gasteiger partial charge in [-0.1, -0.05) is 31.5 Å². The highest BCUT2D eigenvalue weighted by molar-refractivity contribution is 5.47. The molecule has 114 valence electrons. The van der Waals surface area contributed by atoms with Gasteiger partial charge in [0, 0.05) is 30.9 Å². The van der Waals surface area contributed by atoms with Gasteiger partial charge in [0.25, 0.3) is 0 Å². The summed E-state index contributed by atoms with van der Waals surface area (Å²) in [7, 11) is 0. The summed E-state index contributed by atoms with van der Waals surface area (Å²) in [6, 6.07) is 8.84. The summed E-state index contributed by atoms with van der Waals surface area (Å²) in [5, 5.41) is 3.63. The van der Waals surface area contributed by atoms with Crippen LogP contribution in [0.2, 0.25) is 0 Å². The van der Waals surface area contributed by atoms with Crippen molar-refractivity contribution in [2.24, 2.45) is 5.41 Å². The summed E-state index contributed by atoms with van der Waals surface area (Å²) in [6.07, 6.45) is 0. The Kier molecular flexibility index (Phi) is 5.64. The maximum Gasteiger partial charge on any atom is 0.0366 e. The molecule has 0 saturated heterocycles. The smallest absolute Gasteiger partial charge is 0.0366 e. The minimum Gasteiger partial charge on any atom is -0.371 e. The first-order chi connectivity index (χ1) is 9.13. The van der Waals surface area contributed by atoms with Gasteiger partial charge < -0.3 is 10.2 Å². The summed E-state index contributed by atoms with van der Waals surface area (Å²) in [5.74, 6) is 0. The highest BCUT2D eigenvalue weighted by atomic mass is 15.1. The molecule has 1 rings (SSSR count). The molecule has 0 fully saturated rings.